The lowest BCUT2D eigenvalue weighted by Gasteiger charge is -2.14. The van der Waals surface area contributed by atoms with Crippen molar-refractivity contribution in [3.05, 3.63) is 108 Å². The summed E-state index contributed by atoms with van der Waals surface area (Å²) in [6.45, 7) is 6.43. The first kappa shape index (κ1) is 18.1. The Balaban J connectivity index is 1.57. The molecule has 0 aliphatic rings. The number of hydrogen-bond acceptors (Lipinski definition) is 1. The quantitative estimate of drug-likeness (QED) is 0.392. The Kier molecular flexibility index (Phi) is 4.99. The van der Waals surface area contributed by atoms with Crippen molar-refractivity contribution in [1.29, 1.82) is 0 Å². The molecule has 0 aromatic heterocycles. The van der Waals surface area contributed by atoms with E-state index < -0.39 is 0 Å². The summed E-state index contributed by atoms with van der Waals surface area (Å²) in [5.74, 6) is 0. The minimum Gasteiger partial charge on any atom is -0.355 e. The smallest absolute Gasteiger partial charge is 0.0414 e. The molecule has 0 saturated heterocycles. The van der Waals surface area contributed by atoms with Crippen LogP contribution in [0.3, 0.4) is 0 Å². The Labute approximate surface area is 167 Å². The molecule has 0 aliphatic heterocycles. The topological polar surface area (TPSA) is 12.0 Å². The monoisotopic (exact) mass is 363 g/mol. The molecule has 0 atom stereocenters. The fourth-order valence-corrected chi connectivity index (χ4v) is 3.57. The van der Waals surface area contributed by atoms with Crippen molar-refractivity contribution in [2.24, 2.45) is 0 Å². The Hall–Kier alpha value is -3.32. The second kappa shape index (κ2) is 7.74. The maximum atomic E-state index is 3.58. The Morgan fingerprint density at radius 1 is 0.464 bits per heavy atom. The van der Waals surface area contributed by atoms with E-state index in [2.05, 4.69) is 111 Å². The molecule has 4 rings (SSSR count). The van der Waals surface area contributed by atoms with E-state index in [1.807, 2.05) is 6.07 Å². The van der Waals surface area contributed by atoms with Gasteiger partial charge in [0.15, 0.2) is 0 Å². The highest BCUT2D eigenvalue weighted by Crippen LogP contribution is 2.30. The zero-order valence-corrected chi connectivity index (χ0v) is 16.7. The highest BCUT2D eigenvalue weighted by Gasteiger charge is 2.05. The SMILES string of the molecule is Cc1ccc(Nc2ccc(-c3ccc(-c4ccccc4)cc3)cc2C)c(C)c1. The van der Waals surface area contributed by atoms with Crippen LogP contribution < -0.4 is 5.32 Å². The fraction of sp³-hybridized carbons (Fsp3) is 0.111. The molecule has 0 unspecified atom stereocenters. The molecule has 0 aliphatic carbocycles. The largest absolute Gasteiger partial charge is 0.355 e. The van der Waals surface area contributed by atoms with Gasteiger partial charge in [-0.05, 0) is 72.4 Å². The minimum atomic E-state index is 1.15. The van der Waals surface area contributed by atoms with Crippen LogP contribution in [0.1, 0.15) is 16.7 Å². The van der Waals surface area contributed by atoms with Gasteiger partial charge in [0.1, 0.15) is 0 Å². The number of benzene rings is 4. The van der Waals surface area contributed by atoms with Crippen molar-refractivity contribution >= 4 is 11.4 Å². The Morgan fingerprint density at radius 3 is 1.57 bits per heavy atom. The molecule has 1 heteroatoms. The lowest BCUT2D eigenvalue weighted by molar-refractivity contribution is 1.35. The fourth-order valence-electron chi connectivity index (χ4n) is 3.57. The normalized spacial score (nSPS) is 10.7. The standard InChI is InChI=1S/C27H25N/c1-19-9-15-26(20(2)17-19)28-27-16-14-25(18-21(27)3)24-12-10-23(11-13-24)22-7-5-4-6-8-22/h4-18,28H,1-3H3. The van der Waals surface area contributed by atoms with Crippen LogP contribution in [0.15, 0.2) is 91.0 Å². The van der Waals surface area contributed by atoms with Gasteiger partial charge < -0.3 is 5.32 Å². The average Bonchev–Trinajstić information content (AvgIpc) is 2.72. The van der Waals surface area contributed by atoms with Gasteiger partial charge in [0, 0.05) is 11.4 Å². The van der Waals surface area contributed by atoms with Crippen LogP contribution in [-0.4, -0.2) is 0 Å². The van der Waals surface area contributed by atoms with E-state index in [0.717, 1.165) is 11.4 Å². The van der Waals surface area contributed by atoms with Gasteiger partial charge >= 0.3 is 0 Å². The molecule has 4 aromatic rings. The van der Waals surface area contributed by atoms with E-state index in [-0.39, 0.29) is 0 Å². The number of nitrogens with one attached hydrogen (secondary N) is 1. The molecule has 0 spiro atoms. The van der Waals surface area contributed by atoms with E-state index in [9.17, 15) is 0 Å². The Morgan fingerprint density at radius 2 is 0.964 bits per heavy atom. The van der Waals surface area contributed by atoms with Gasteiger partial charge in [0.2, 0.25) is 0 Å². The summed E-state index contributed by atoms with van der Waals surface area (Å²) in [6.07, 6.45) is 0. The van der Waals surface area contributed by atoms with E-state index in [0.29, 0.717) is 0 Å². The van der Waals surface area contributed by atoms with Gasteiger partial charge in [-0.15, -0.1) is 0 Å². The molecule has 0 amide bonds. The average molecular weight is 364 g/mol. The second-order valence-electron chi connectivity index (χ2n) is 7.42. The third-order valence-electron chi connectivity index (χ3n) is 5.20. The van der Waals surface area contributed by atoms with Gasteiger partial charge in [-0.3, -0.25) is 0 Å². The maximum absolute atomic E-state index is 3.58. The zero-order chi connectivity index (χ0) is 19.5. The molecule has 4 aromatic carbocycles. The molecule has 0 radical (unpaired) electrons. The molecule has 0 bridgehead atoms. The maximum Gasteiger partial charge on any atom is 0.0414 e. The van der Waals surface area contributed by atoms with Gasteiger partial charge in [-0.1, -0.05) is 78.4 Å². The van der Waals surface area contributed by atoms with Crippen molar-refractivity contribution in [1.82, 2.24) is 0 Å². The summed E-state index contributed by atoms with van der Waals surface area (Å²) in [6, 6.07) is 32.4. The molecular formula is C27H25N. The van der Waals surface area contributed by atoms with Crippen LogP contribution in [0.2, 0.25) is 0 Å². The van der Waals surface area contributed by atoms with Gasteiger partial charge in [0.25, 0.3) is 0 Å². The summed E-state index contributed by atoms with van der Waals surface area (Å²) in [5, 5.41) is 3.58. The molecular weight excluding hydrogens is 338 g/mol. The summed E-state index contributed by atoms with van der Waals surface area (Å²) in [5.41, 5.74) is 11.1. The number of aryl methyl sites for hydroxylation is 3. The van der Waals surface area contributed by atoms with E-state index in [4.69, 9.17) is 0 Å². The number of rotatable bonds is 4. The number of hydrogen-bond donors (Lipinski definition) is 1. The summed E-state index contributed by atoms with van der Waals surface area (Å²) >= 11 is 0. The lowest BCUT2D eigenvalue weighted by atomic mass is 9.98. The number of anilines is 2. The van der Waals surface area contributed by atoms with Gasteiger partial charge in [0.05, 0.1) is 0 Å². The first-order valence-electron chi connectivity index (χ1n) is 9.71. The zero-order valence-electron chi connectivity index (χ0n) is 16.7. The van der Waals surface area contributed by atoms with Crippen molar-refractivity contribution in [3.63, 3.8) is 0 Å². The third-order valence-corrected chi connectivity index (χ3v) is 5.20. The molecule has 0 fully saturated rings. The van der Waals surface area contributed by atoms with Crippen molar-refractivity contribution < 1.29 is 0 Å². The first-order valence-corrected chi connectivity index (χ1v) is 9.71. The van der Waals surface area contributed by atoms with E-state index >= 15 is 0 Å². The molecule has 1 N–H and O–H groups in total. The summed E-state index contributed by atoms with van der Waals surface area (Å²) in [7, 11) is 0. The Bertz CT molecular complexity index is 1090. The van der Waals surface area contributed by atoms with Crippen LogP contribution in [0.4, 0.5) is 11.4 Å². The van der Waals surface area contributed by atoms with Crippen LogP contribution in [0, 0.1) is 20.8 Å². The summed E-state index contributed by atoms with van der Waals surface area (Å²) in [4.78, 5) is 0. The van der Waals surface area contributed by atoms with Crippen molar-refractivity contribution in [3.8, 4) is 22.3 Å². The van der Waals surface area contributed by atoms with Crippen LogP contribution >= 0.6 is 0 Å². The van der Waals surface area contributed by atoms with Crippen molar-refractivity contribution in [2.75, 3.05) is 5.32 Å². The van der Waals surface area contributed by atoms with Crippen LogP contribution in [0.5, 0.6) is 0 Å². The third kappa shape index (κ3) is 3.84. The highest BCUT2D eigenvalue weighted by atomic mass is 14.9. The van der Waals surface area contributed by atoms with Crippen molar-refractivity contribution in [2.45, 2.75) is 20.8 Å². The molecule has 0 saturated carbocycles. The van der Waals surface area contributed by atoms with E-state index in [1.54, 1.807) is 0 Å². The molecule has 138 valence electrons. The molecule has 0 heterocycles. The van der Waals surface area contributed by atoms with Crippen LogP contribution in [-0.2, 0) is 0 Å². The highest BCUT2D eigenvalue weighted by molar-refractivity contribution is 5.74. The molecule has 1 nitrogen and oxygen atoms in total. The van der Waals surface area contributed by atoms with Gasteiger partial charge in [-0.25, -0.2) is 0 Å². The minimum absolute atomic E-state index is 1.15. The summed E-state index contributed by atoms with van der Waals surface area (Å²) < 4.78 is 0. The van der Waals surface area contributed by atoms with Gasteiger partial charge in [-0.2, -0.15) is 0 Å². The predicted octanol–water partition coefficient (Wildman–Crippen LogP) is 7.69. The molecule has 28 heavy (non-hydrogen) atoms. The van der Waals surface area contributed by atoms with E-state index in [1.165, 1.54) is 38.9 Å². The first-order chi connectivity index (χ1) is 13.6. The van der Waals surface area contributed by atoms with Crippen LogP contribution in [0.25, 0.3) is 22.3 Å². The lowest BCUT2D eigenvalue weighted by Crippen LogP contribution is -1.96. The second-order valence-corrected chi connectivity index (χ2v) is 7.42. The predicted molar refractivity (Wildman–Crippen MR) is 121 cm³/mol.